The van der Waals surface area contributed by atoms with Gasteiger partial charge in [0.25, 0.3) is 5.91 Å². The molecule has 4 rings (SSSR count). The number of rotatable bonds is 5. The molecule has 0 atom stereocenters. The molecule has 1 fully saturated rings. The molecule has 1 aliphatic carbocycles. The van der Waals surface area contributed by atoms with Crippen molar-refractivity contribution in [1.82, 2.24) is 4.31 Å². The van der Waals surface area contributed by atoms with E-state index in [1.54, 1.807) is 0 Å². The molecule has 166 valence electrons. The van der Waals surface area contributed by atoms with Crippen LogP contribution >= 0.6 is 11.3 Å². The van der Waals surface area contributed by atoms with E-state index in [1.165, 1.54) is 27.8 Å². The summed E-state index contributed by atoms with van der Waals surface area (Å²) in [6.45, 7) is 0.392. The van der Waals surface area contributed by atoms with Gasteiger partial charge in [0.05, 0.1) is 10.5 Å². The summed E-state index contributed by atoms with van der Waals surface area (Å²) in [5.74, 6) is -1.62. The van der Waals surface area contributed by atoms with Crippen LogP contribution in [0.3, 0.4) is 0 Å². The Balaban J connectivity index is 1.43. The smallest absolute Gasteiger partial charge is 0.251 e. The molecule has 3 N–H and O–H groups in total. The van der Waals surface area contributed by atoms with Crippen LogP contribution in [0.15, 0.2) is 29.2 Å². The van der Waals surface area contributed by atoms with Crippen molar-refractivity contribution in [2.24, 2.45) is 11.7 Å². The summed E-state index contributed by atoms with van der Waals surface area (Å²) in [4.78, 5) is 26.0. The molecule has 0 bridgehead atoms. The van der Waals surface area contributed by atoms with Crippen molar-refractivity contribution in [3.8, 4) is 0 Å². The molecule has 2 heterocycles. The topological polar surface area (TPSA) is 110 Å². The van der Waals surface area contributed by atoms with Gasteiger partial charge in [0, 0.05) is 23.9 Å². The fourth-order valence-electron chi connectivity index (χ4n) is 4.24. The molecular weight excluding hydrogens is 441 g/mol. The van der Waals surface area contributed by atoms with Gasteiger partial charge in [0.15, 0.2) is 0 Å². The van der Waals surface area contributed by atoms with E-state index in [0.717, 1.165) is 48.3 Å². The third-order valence-electron chi connectivity index (χ3n) is 5.93. The number of benzene rings is 1. The Hall–Kier alpha value is -2.30. The summed E-state index contributed by atoms with van der Waals surface area (Å²) >= 11 is 1.42. The number of fused-ring (bicyclic) bond motifs is 1. The molecule has 0 spiro atoms. The lowest BCUT2D eigenvalue weighted by Gasteiger charge is -2.30. The van der Waals surface area contributed by atoms with E-state index < -0.39 is 21.7 Å². The lowest BCUT2D eigenvalue weighted by Crippen LogP contribution is -2.41. The van der Waals surface area contributed by atoms with Crippen LogP contribution in [-0.2, 0) is 27.7 Å². The lowest BCUT2D eigenvalue weighted by atomic mass is 9.95. The van der Waals surface area contributed by atoms with Crippen LogP contribution in [0.2, 0.25) is 0 Å². The third-order valence-corrected chi connectivity index (χ3v) is 9.05. The number of carbonyl (C=O) groups excluding carboxylic acids is 2. The summed E-state index contributed by atoms with van der Waals surface area (Å²) in [5, 5.41) is 3.38. The molecule has 10 heteroatoms. The van der Waals surface area contributed by atoms with Gasteiger partial charge in [-0.1, -0.05) is 0 Å². The monoisotopic (exact) mass is 465 g/mol. The minimum Gasteiger partial charge on any atom is -0.365 e. The predicted octanol–water partition coefficient (Wildman–Crippen LogP) is 2.90. The fraction of sp³-hybridized carbons (Fsp3) is 0.429. The van der Waals surface area contributed by atoms with Crippen LogP contribution < -0.4 is 11.1 Å². The summed E-state index contributed by atoms with van der Waals surface area (Å²) in [6, 6.07) is 4.72. The van der Waals surface area contributed by atoms with Gasteiger partial charge in [-0.15, -0.1) is 11.3 Å². The normalized spacial score (nSPS) is 17.8. The molecular formula is C21H24FN3O4S2. The molecule has 31 heavy (non-hydrogen) atoms. The summed E-state index contributed by atoms with van der Waals surface area (Å²) < 4.78 is 39.9. The first-order chi connectivity index (χ1) is 14.8. The maximum atomic E-state index is 13.1. The second-order valence-corrected chi connectivity index (χ2v) is 10.9. The number of anilines is 1. The molecule has 2 amide bonds. The van der Waals surface area contributed by atoms with Gasteiger partial charge < -0.3 is 11.1 Å². The van der Waals surface area contributed by atoms with Gasteiger partial charge in [0.2, 0.25) is 15.9 Å². The van der Waals surface area contributed by atoms with Crippen molar-refractivity contribution >= 4 is 38.2 Å². The highest BCUT2D eigenvalue weighted by atomic mass is 32.2. The van der Waals surface area contributed by atoms with Crippen LogP contribution in [0, 0.1) is 11.7 Å². The molecule has 0 radical (unpaired) electrons. The Morgan fingerprint density at radius 2 is 1.74 bits per heavy atom. The average molecular weight is 466 g/mol. The number of hydrogen-bond donors (Lipinski definition) is 2. The van der Waals surface area contributed by atoms with Crippen LogP contribution in [-0.4, -0.2) is 37.6 Å². The Kier molecular flexibility index (Phi) is 6.14. The molecule has 1 aromatic carbocycles. The molecule has 0 unspecified atom stereocenters. The Bertz CT molecular complexity index is 1100. The van der Waals surface area contributed by atoms with Gasteiger partial charge in [-0.2, -0.15) is 4.31 Å². The van der Waals surface area contributed by atoms with Gasteiger partial charge in [-0.25, -0.2) is 12.8 Å². The molecule has 1 saturated heterocycles. The van der Waals surface area contributed by atoms with Crippen molar-refractivity contribution < 1.29 is 22.4 Å². The average Bonchev–Trinajstić information content (AvgIpc) is 3.12. The van der Waals surface area contributed by atoms with E-state index >= 15 is 0 Å². The van der Waals surface area contributed by atoms with E-state index in [0.29, 0.717) is 23.4 Å². The summed E-state index contributed by atoms with van der Waals surface area (Å²) in [7, 11) is -3.73. The zero-order chi connectivity index (χ0) is 22.2. The molecule has 2 aromatic rings. The number of primary amides is 1. The Morgan fingerprint density at radius 1 is 1.10 bits per heavy atom. The fourth-order valence-corrected chi connectivity index (χ4v) is 7.01. The number of thiophene rings is 1. The maximum Gasteiger partial charge on any atom is 0.251 e. The number of hydrogen-bond acceptors (Lipinski definition) is 5. The predicted molar refractivity (Wildman–Crippen MR) is 116 cm³/mol. The number of sulfonamides is 1. The first-order valence-corrected chi connectivity index (χ1v) is 12.5. The summed E-state index contributed by atoms with van der Waals surface area (Å²) in [6.07, 6.45) is 4.46. The number of nitrogens with zero attached hydrogens (tertiary/aromatic N) is 1. The van der Waals surface area contributed by atoms with E-state index in [4.69, 9.17) is 5.73 Å². The lowest BCUT2D eigenvalue weighted by molar-refractivity contribution is -0.120. The SMILES string of the molecule is NC(=O)c1c(NC(=O)C2CCN(S(=O)(=O)c3ccc(F)cc3)CC2)sc2c1CCCC2. The largest absolute Gasteiger partial charge is 0.365 e. The first-order valence-electron chi connectivity index (χ1n) is 10.3. The Morgan fingerprint density at radius 3 is 2.39 bits per heavy atom. The second kappa shape index (κ2) is 8.68. The number of aryl methyl sites for hydroxylation is 1. The number of piperidine rings is 1. The highest BCUT2D eigenvalue weighted by Gasteiger charge is 2.33. The first kappa shape index (κ1) is 21.9. The van der Waals surface area contributed by atoms with Crippen molar-refractivity contribution in [2.75, 3.05) is 18.4 Å². The van der Waals surface area contributed by atoms with Crippen LogP contribution in [0.5, 0.6) is 0 Å². The minimum atomic E-state index is -3.73. The quantitative estimate of drug-likeness (QED) is 0.707. The van der Waals surface area contributed by atoms with E-state index in [2.05, 4.69) is 5.32 Å². The van der Waals surface area contributed by atoms with Crippen LogP contribution in [0.4, 0.5) is 9.39 Å². The van der Waals surface area contributed by atoms with E-state index in [1.807, 2.05) is 0 Å². The molecule has 2 aliphatic rings. The second-order valence-electron chi connectivity index (χ2n) is 7.90. The third kappa shape index (κ3) is 4.37. The van der Waals surface area contributed by atoms with E-state index in [-0.39, 0.29) is 29.8 Å². The molecule has 1 aliphatic heterocycles. The number of amides is 2. The highest BCUT2D eigenvalue weighted by Crippen LogP contribution is 2.38. The molecule has 1 aromatic heterocycles. The highest BCUT2D eigenvalue weighted by molar-refractivity contribution is 7.89. The zero-order valence-corrected chi connectivity index (χ0v) is 18.5. The standard InChI is InChI=1S/C21H24FN3O4S2/c22-14-5-7-15(8-6-14)31(28,29)25-11-9-13(10-12-25)20(27)24-21-18(19(23)26)16-3-1-2-4-17(16)30-21/h5-8,13H,1-4,9-12H2,(H2,23,26)(H,24,27). The number of nitrogens with two attached hydrogens (primary N) is 1. The molecule has 7 nitrogen and oxygen atoms in total. The van der Waals surface area contributed by atoms with Crippen LogP contribution in [0.1, 0.15) is 46.5 Å². The van der Waals surface area contributed by atoms with Crippen molar-refractivity contribution in [3.05, 3.63) is 46.1 Å². The van der Waals surface area contributed by atoms with Crippen molar-refractivity contribution in [3.63, 3.8) is 0 Å². The van der Waals surface area contributed by atoms with Gasteiger partial charge in [-0.3, -0.25) is 9.59 Å². The van der Waals surface area contributed by atoms with Crippen molar-refractivity contribution in [2.45, 2.75) is 43.4 Å². The van der Waals surface area contributed by atoms with Gasteiger partial charge in [0.1, 0.15) is 10.8 Å². The van der Waals surface area contributed by atoms with Gasteiger partial charge in [-0.05, 0) is 68.4 Å². The minimum absolute atomic E-state index is 0.0343. The Labute approximate surface area is 184 Å². The molecule has 0 saturated carbocycles. The zero-order valence-electron chi connectivity index (χ0n) is 16.9. The van der Waals surface area contributed by atoms with E-state index in [9.17, 15) is 22.4 Å². The van der Waals surface area contributed by atoms with Gasteiger partial charge >= 0.3 is 0 Å². The number of halogens is 1. The number of nitrogens with one attached hydrogen (secondary N) is 1. The number of carbonyl (C=O) groups is 2. The summed E-state index contributed by atoms with van der Waals surface area (Å²) in [5.41, 5.74) is 6.97. The maximum absolute atomic E-state index is 13.1. The van der Waals surface area contributed by atoms with Crippen molar-refractivity contribution in [1.29, 1.82) is 0 Å². The van der Waals surface area contributed by atoms with Crippen LogP contribution in [0.25, 0.3) is 0 Å².